The van der Waals surface area contributed by atoms with Crippen LogP contribution in [0.15, 0.2) is 0 Å². The Bertz CT molecular complexity index is 347. The highest BCUT2D eigenvalue weighted by atomic mass is 32.2. The monoisotopic (exact) mass is 322 g/mol. The summed E-state index contributed by atoms with van der Waals surface area (Å²) in [5.41, 5.74) is 0. The summed E-state index contributed by atoms with van der Waals surface area (Å²) in [4.78, 5) is 2.19. The van der Waals surface area contributed by atoms with E-state index >= 15 is 0 Å². The van der Waals surface area contributed by atoms with E-state index in [1.165, 1.54) is 19.3 Å². The first-order valence-electron chi connectivity index (χ1n) is 7.86. The van der Waals surface area contributed by atoms with E-state index in [0.717, 1.165) is 44.1 Å². The van der Waals surface area contributed by atoms with Crippen molar-refractivity contribution in [2.24, 2.45) is 0 Å². The molecule has 0 radical (unpaired) electrons. The molecule has 6 heteroatoms. The van der Waals surface area contributed by atoms with Crippen LogP contribution in [0.3, 0.4) is 0 Å². The molecule has 1 heterocycles. The maximum Gasteiger partial charge on any atom is 0.166 e. The number of thioether (sulfide) groups is 1. The minimum atomic E-state index is -2.93. The quantitative estimate of drug-likeness (QED) is 0.623. The molecule has 0 aromatic carbocycles. The van der Waals surface area contributed by atoms with Gasteiger partial charge in [-0.25, -0.2) is 8.42 Å². The maximum absolute atomic E-state index is 12.1. The highest BCUT2D eigenvalue weighted by molar-refractivity contribution is 8.01. The average molecular weight is 323 g/mol. The molecule has 0 aromatic rings. The van der Waals surface area contributed by atoms with Crippen LogP contribution in [0.25, 0.3) is 0 Å². The third kappa shape index (κ3) is 6.33. The van der Waals surface area contributed by atoms with E-state index < -0.39 is 9.84 Å². The molecule has 1 unspecified atom stereocenters. The van der Waals surface area contributed by atoms with Gasteiger partial charge in [-0.1, -0.05) is 26.7 Å². The average Bonchev–Trinajstić information content (AvgIpc) is 2.46. The summed E-state index contributed by atoms with van der Waals surface area (Å²) in [6.07, 6.45) is 4.78. The minimum Gasteiger partial charge on any atom is -0.317 e. The van der Waals surface area contributed by atoms with Gasteiger partial charge in [0, 0.05) is 23.8 Å². The summed E-state index contributed by atoms with van der Waals surface area (Å²) in [5, 5.41) is 3.09. The van der Waals surface area contributed by atoms with E-state index in [1.54, 1.807) is 18.7 Å². The lowest BCUT2D eigenvalue weighted by atomic mass is 10.2. The maximum atomic E-state index is 12.1. The Labute approximate surface area is 129 Å². The normalized spacial score (nSPS) is 21.2. The molecule has 4 nitrogen and oxygen atoms in total. The number of rotatable bonds is 10. The second kappa shape index (κ2) is 10.0. The Morgan fingerprint density at radius 2 is 1.95 bits per heavy atom. The fourth-order valence-corrected chi connectivity index (χ4v) is 5.60. The summed E-state index contributed by atoms with van der Waals surface area (Å²) in [6.45, 7) is 7.89. The molecule has 1 N–H and O–H groups in total. The van der Waals surface area contributed by atoms with Gasteiger partial charge in [0.25, 0.3) is 0 Å². The summed E-state index contributed by atoms with van der Waals surface area (Å²) in [5.74, 6) is 2.07. The van der Waals surface area contributed by atoms with Crippen LogP contribution in [0.1, 0.15) is 39.5 Å². The summed E-state index contributed by atoms with van der Waals surface area (Å²) in [7, 11) is -2.93. The van der Waals surface area contributed by atoms with E-state index in [9.17, 15) is 8.42 Å². The van der Waals surface area contributed by atoms with Crippen LogP contribution in [0.2, 0.25) is 0 Å². The fourth-order valence-electron chi connectivity index (χ4n) is 2.49. The van der Waals surface area contributed by atoms with Crippen molar-refractivity contribution >= 4 is 21.6 Å². The van der Waals surface area contributed by atoms with Crippen molar-refractivity contribution in [2.45, 2.75) is 44.9 Å². The zero-order valence-electron chi connectivity index (χ0n) is 12.9. The van der Waals surface area contributed by atoms with Crippen molar-refractivity contribution in [3.8, 4) is 0 Å². The van der Waals surface area contributed by atoms with Gasteiger partial charge in [0.15, 0.2) is 9.84 Å². The van der Waals surface area contributed by atoms with E-state index in [4.69, 9.17) is 0 Å². The zero-order valence-corrected chi connectivity index (χ0v) is 14.6. The fraction of sp³-hybridized carbons (Fsp3) is 1.00. The van der Waals surface area contributed by atoms with Crippen LogP contribution in [-0.2, 0) is 9.84 Å². The van der Waals surface area contributed by atoms with Gasteiger partial charge in [-0.05, 0) is 32.5 Å². The van der Waals surface area contributed by atoms with E-state index in [2.05, 4.69) is 17.1 Å². The highest BCUT2D eigenvalue weighted by Gasteiger charge is 2.32. The van der Waals surface area contributed by atoms with E-state index in [1.807, 2.05) is 0 Å². The van der Waals surface area contributed by atoms with Gasteiger partial charge in [-0.3, -0.25) is 4.90 Å². The number of hydrogen-bond acceptors (Lipinski definition) is 5. The lowest BCUT2D eigenvalue weighted by Crippen LogP contribution is -2.48. The predicted molar refractivity (Wildman–Crippen MR) is 89.2 cm³/mol. The number of nitrogens with zero attached hydrogens (tertiary/aromatic N) is 1. The molecular weight excluding hydrogens is 292 g/mol. The van der Waals surface area contributed by atoms with Crippen molar-refractivity contribution in [2.75, 3.05) is 43.4 Å². The van der Waals surface area contributed by atoms with Crippen LogP contribution in [-0.4, -0.2) is 62.1 Å². The summed E-state index contributed by atoms with van der Waals surface area (Å²) >= 11 is 1.77. The van der Waals surface area contributed by atoms with Crippen LogP contribution >= 0.6 is 11.8 Å². The Kier molecular flexibility index (Phi) is 9.16. The topological polar surface area (TPSA) is 49.4 Å². The first kappa shape index (κ1) is 18.3. The second-order valence-corrected chi connectivity index (χ2v) is 8.88. The first-order chi connectivity index (χ1) is 9.61. The van der Waals surface area contributed by atoms with Crippen molar-refractivity contribution in [3.05, 3.63) is 0 Å². The standard InChI is InChI=1S/C14H30N2O2S2/c1-3-15-9-7-5-6-8-10-16-11-12-19-13-14(16)20(17,18)4-2/h14-15H,3-13H2,1-2H3. The highest BCUT2D eigenvalue weighted by Crippen LogP contribution is 2.21. The molecular formula is C14H30N2O2S2. The molecule has 1 rings (SSSR count). The lowest BCUT2D eigenvalue weighted by Gasteiger charge is -2.34. The van der Waals surface area contributed by atoms with Crippen LogP contribution in [0, 0.1) is 0 Å². The van der Waals surface area contributed by atoms with Crippen molar-refractivity contribution in [3.63, 3.8) is 0 Å². The number of nitrogens with one attached hydrogen (secondary N) is 1. The molecule has 0 spiro atoms. The molecule has 1 fully saturated rings. The third-order valence-electron chi connectivity index (χ3n) is 3.81. The lowest BCUT2D eigenvalue weighted by molar-refractivity contribution is 0.263. The Morgan fingerprint density at radius 1 is 1.20 bits per heavy atom. The molecule has 0 aromatic heterocycles. The molecule has 1 atom stereocenters. The molecule has 1 aliphatic rings. The van der Waals surface area contributed by atoms with E-state index in [-0.39, 0.29) is 11.1 Å². The molecule has 0 saturated carbocycles. The summed E-state index contributed by atoms with van der Waals surface area (Å²) < 4.78 is 24.2. The van der Waals surface area contributed by atoms with Crippen molar-refractivity contribution in [1.29, 1.82) is 0 Å². The molecule has 1 saturated heterocycles. The van der Waals surface area contributed by atoms with Crippen molar-refractivity contribution < 1.29 is 8.42 Å². The largest absolute Gasteiger partial charge is 0.317 e. The van der Waals surface area contributed by atoms with Gasteiger partial charge < -0.3 is 5.32 Å². The Balaban J connectivity index is 2.26. The molecule has 0 aliphatic carbocycles. The second-order valence-electron chi connectivity index (χ2n) is 5.28. The smallest absolute Gasteiger partial charge is 0.166 e. The number of hydrogen-bond donors (Lipinski definition) is 1. The van der Waals surface area contributed by atoms with Gasteiger partial charge in [0.05, 0.1) is 0 Å². The van der Waals surface area contributed by atoms with Gasteiger partial charge in [0.1, 0.15) is 5.37 Å². The third-order valence-corrected chi connectivity index (χ3v) is 7.14. The van der Waals surface area contributed by atoms with Crippen LogP contribution < -0.4 is 5.32 Å². The molecule has 1 aliphatic heterocycles. The zero-order chi connectivity index (χ0) is 14.8. The number of unbranched alkanes of at least 4 members (excludes halogenated alkanes) is 3. The Morgan fingerprint density at radius 3 is 2.65 bits per heavy atom. The number of sulfone groups is 1. The first-order valence-corrected chi connectivity index (χ1v) is 10.7. The molecule has 0 bridgehead atoms. The SMILES string of the molecule is CCNCCCCCCN1CCSCC1S(=O)(=O)CC. The molecule has 20 heavy (non-hydrogen) atoms. The Hall–Kier alpha value is 0.220. The van der Waals surface area contributed by atoms with Gasteiger partial charge >= 0.3 is 0 Å². The van der Waals surface area contributed by atoms with Crippen LogP contribution in [0.5, 0.6) is 0 Å². The predicted octanol–water partition coefficient (Wildman–Crippen LogP) is 1.97. The van der Waals surface area contributed by atoms with Crippen LogP contribution in [0.4, 0.5) is 0 Å². The minimum absolute atomic E-state index is 0.243. The summed E-state index contributed by atoms with van der Waals surface area (Å²) in [6, 6.07) is 0. The van der Waals surface area contributed by atoms with Gasteiger partial charge in [-0.2, -0.15) is 11.8 Å². The molecule has 120 valence electrons. The van der Waals surface area contributed by atoms with Gasteiger partial charge in [0.2, 0.25) is 0 Å². The van der Waals surface area contributed by atoms with Crippen molar-refractivity contribution in [1.82, 2.24) is 10.2 Å². The molecule has 0 amide bonds. The van der Waals surface area contributed by atoms with E-state index in [0.29, 0.717) is 0 Å². The van der Waals surface area contributed by atoms with Gasteiger partial charge in [-0.15, -0.1) is 0 Å².